The fraction of sp³-hybridized carbons (Fsp3) is 0.692. The van der Waals surface area contributed by atoms with Crippen LogP contribution in [0.15, 0.2) is 6.07 Å². The van der Waals surface area contributed by atoms with Crippen molar-refractivity contribution in [2.24, 2.45) is 0 Å². The minimum atomic E-state index is -4.51. The molecule has 0 saturated heterocycles. The number of nitrogens with one attached hydrogen (secondary N) is 1. The van der Waals surface area contributed by atoms with Gasteiger partial charge in [-0.05, 0) is 13.3 Å². The van der Waals surface area contributed by atoms with Crippen molar-refractivity contribution in [1.29, 1.82) is 0 Å². The van der Waals surface area contributed by atoms with Crippen LogP contribution in [0.5, 0.6) is 0 Å². The first kappa shape index (κ1) is 17.5. The Morgan fingerprint density at radius 2 is 2.05 bits per heavy atom. The Morgan fingerprint density at radius 3 is 2.52 bits per heavy atom. The monoisotopic (exact) mass is 306 g/mol. The molecule has 0 aromatic carbocycles. The highest BCUT2D eigenvalue weighted by molar-refractivity contribution is 5.46. The predicted octanol–water partition coefficient (Wildman–Crippen LogP) is 2.79. The summed E-state index contributed by atoms with van der Waals surface area (Å²) < 4.78 is 43.8. The number of hydrogen-bond donors (Lipinski definition) is 1. The van der Waals surface area contributed by atoms with E-state index in [1.54, 1.807) is 12.0 Å². The maximum atomic E-state index is 12.9. The molecule has 8 heteroatoms. The molecular weight excluding hydrogens is 285 g/mol. The van der Waals surface area contributed by atoms with Gasteiger partial charge in [0, 0.05) is 32.8 Å². The summed E-state index contributed by atoms with van der Waals surface area (Å²) >= 11 is 0. The summed E-state index contributed by atoms with van der Waals surface area (Å²) in [5, 5.41) is 2.57. The van der Waals surface area contributed by atoms with Crippen LogP contribution < -0.4 is 10.2 Å². The fourth-order valence-corrected chi connectivity index (χ4v) is 1.81. The lowest BCUT2D eigenvalue weighted by Crippen LogP contribution is -2.36. The minimum Gasteiger partial charge on any atom is -0.383 e. The van der Waals surface area contributed by atoms with Crippen molar-refractivity contribution in [2.45, 2.75) is 32.5 Å². The highest BCUT2D eigenvalue weighted by Crippen LogP contribution is 2.31. The van der Waals surface area contributed by atoms with E-state index < -0.39 is 11.9 Å². The fourth-order valence-electron chi connectivity index (χ4n) is 1.81. The molecule has 0 aliphatic carbocycles. The molecule has 0 amide bonds. The second-order valence-electron chi connectivity index (χ2n) is 4.63. The van der Waals surface area contributed by atoms with Gasteiger partial charge in [-0.2, -0.15) is 18.2 Å². The quantitative estimate of drug-likeness (QED) is 0.839. The third-order valence-electron chi connectivity index (χ3n) is 3.18. The van der Waals surface area contributed by atoms with Crippen LogP contribution in [0.3, 0.4) is 0 Å². The second kappa shape index (κ2) is 7.44. The third-order valence-corrected chi connectivity index (χ3v) is 3.18. The number of ether oxygens (including phenoxy) is 1. The van der Waals surface area contributed by atoms with E-state index in [9.17, 15) is 13.2 Å². The third kappa shape index (κ3) is 4.73. The first-order valence-corrected chi connectivity index (χ1v) is 6.73. The molecule has 1 rings (SSSR count). The molecule has 1 heterocycles. The van der Waals surface area contributed by atoms with Crippen LogP contribution in [0, 0.1) is 0 Å². The van der Waals surface area contributed by atoms with Crippen molar-refractivity contribution < 1.29 is 17.9 Å². The molecule has 0 spiro atoms. The Bertz CT molecular complexity index is 454. The maximum Gasteiger partial charge on any atom is 0.433 e. The van der Waals surface area contributed by atoms with Crippen molar-refractivity contribution in [3.63, 3.8) is 0 Å². The van der Waals surface area contributed by atoms with Gasteiger partial charge in [-0.15, -0.1) is 0 Å². The van der Waals surface area contributed by atoms with E-state index in [4.69, 9.17) is 4.74 Å². The molecule has 0 saturated carbocycles. The molecule has 21 heavy (non-hydrogen) atoms. The maximum absolute atomic E-state index is 12.9. The van der Waals surface area contributed by atoms with Crippen LogP contribution in [0.25, 0.3) is 0 Å². The SMILES string of the molecule is CCC(C)N(CCOC)c1cc(C(F)(F)F)nc(NC)n1. The van der Waals surface area contributed by atoms with E-state index >= 15 is 0 Å². The van der Waals surface area contributed by atoms with E-state index in [2.05, 4.69) is 15.3 Å². The van der Waals surface area contributed by atoms with Gasteiger partial charge in [-0.1, -0.05) is 6.92 Å². The zero-order valence-electron chi connectivity index (χ0n) is 12.7. The van der Waals surface area contributed by atoms with Gasteiger partial charge in [-0.25, -0.2) is 4.98 Å². The molecule has 0 aliphatic heterocycles. The van der Waals surface area contributed by atoms with E-state index in [0.717, 1.165) is 12.5 Å². The zero-order valence-corrected chi connectivity index (χ0v) is 12.7. The number of alkyl halides is 3. The molecule has 120 valence electrons. The van der Waals surface area contributed by atoms with E-state index in [1.165, 1.54) is 7.05 Å². The van der Waals surface area contributed by atoms with Crippen molar-refractivity contribution in [3.8, 4) is 0 Å². The standard InChI is InChI=1S/C13H21F3N4O/c1-5-9(2)20(6-7-21-4)11-8-10(13(14,15)16)18-12(17-3)19-11/h8-9H,5-7H2,1-4H3,(H,17,18,19). The van der Waals surface area contributed by atoms with Gasteiger partial charge < -0.3 is 15.0 Å². The summed E-state index contributed by atoms with van der Waals surface area (Å²) in [4.78, 5) is 9.39. The molecule has 5 nitrogen and oxygen atoms in total. The van der Waals surface area contributed by atoms with Crippen LogP contribution in [-0.4, -0.2) is 43.3 Å². The number of halogens is 3. The Hall–Kier alpha value is -1.57. The highest BCUT2D eigenvalue weighted by atomic mass is 19.4. The lowest BCUT2D eigenvalue weighted by atomic mass is 10.2. The number of rotatable bonds is 7. The predicted molar refractivity (Wildman–Crippen MR) is 75.6 cm³/mol. The number of methoxy groups -OCH3 is 1. The van der Waals surface area contributed by atoms with Crippen LogP contribution in [0.1, 0.15) is 26.0 Å². The molecule has 1 aromatic rings. The van der Waals surface area contributed by atoms with E-state index in [-0.39, 0.29) is 17.8 Å². The Labute approximate surface area is 122 Å². The Kier molecular flexibility index (Phi) is 6.19. The normalized spacial score (nSPS) is 13.1. The lowest BCUT2D eigenvalue weighted by Gasteiger charge is -2.30. The van der Waals surface area contributed by atoms with Crippen molar-refractivity contribution in [1.82, 2.24) is 9.97 Å². The Morgan fingerprint density at radius 1 is 1.38 bits per heavy atom. The number of nitrogens with zero attached hydrogens (tertiary/aromatic N) is 3. The first-order valence-electron chi connectivity index (χ1n) is 6.73. The van der Waals surface area contributed by atoms with E-state index in [1.807, 2.05) is 13.8 Å². The second-order valence-corrected chi connectivity index (χ2v) is 4.63. The minimum absolute atomic E-state index is 0.0424. The van der Waals surface area contributed by atoms with Crippen LogP contribution in [-0.2, 0) is 10.9 Å². The average molecular weight is 306 g/mol. The summed E-state index contributed by atoms with van der Waals surface area (Å²) in [5.41, 5.74) is -0.956. The topological polar surface area (TPSA) is 50.3 Å². The summed E-state index contributed by atoms with van der Waals surface area (Å²) in [6.07, 6.45) is -3.73. The molecule has 1 aromatic heterocycles. The number of hydrogen-bond acceptors (Lipinski definition) is 5. The van der Waals surface area contributed by atoms with Crippen molar-refractivity contribution >= 4 is 11.8 Å². The van der Waals surface area contributed by atoms with Crippen LogP contribution in [0.2, 0.25) is 0 Å². The molecule has 1 N–H and O–H groups in total. The Balaban J connectivity index is 3.22. The van der Waals surface area contributed by atoms with Crippen LogP contribution in [0.4, 0.5) is 24.9 Å². The lowest BCUT2D eigenvalue weighted by molar-refractivity contribution is -0.141. The number of anilines is 2. The smallest absolute Gasteiger partial charge is 0.383 e. The molecule has 0 bridgehead atoms. The summed E-state index contributed by atoms with van der Waals surface area (Å²) in [5.74, 6) is 0.193. The number of aromatic nitrogens is 2. The van der Waals surface area contributed by atoms with Gasteiger partial charge in [0.25, 0.3) is 0 Å². The molecule has 0 radical (unpaired) electrons. The largest absolute Gasteiger partial charge is 0.433 e. The first-order chi connectivity index (χ1) is 9.83. The summed E-state index contributed by atoms with van der Waals surface area (Å²) in [6, 6.07) is 1.02. The zero-order chi connectivity index (χ0) is 16.0. The highest BCUT2D eigenvalue weighted by Gasteiger charge is 2.34. The molecule has 0 fully saturated rings. The van der Waals surface area contributed by atoms with Gasteiger partial charge in [0.1, 0.15) is 5.82 Å². The van der Waals surface area contributed by atoms with Crippen LogP contribution >= 0.6 is 0 Å². The van der Waals surface area contributed by atoms with Gasteiger partial charge >= 0.3 is 6.18 Å². The van der Waals surface area contributed by atoms with Crippen molar-refractivity contribution in [2.75, 3.05) is 37.5 Å². The summed E-state index contributed by atoms with van der Waals surface area (Å²) in [6.45, 7) is 4.77. The van der Waals surface area contributed by atoms with Gasteiger partial charge in [0.05, 0.1) is 6.61 Å². The molecule has 0 aliphatic rings. The molecule has 1 unspecified atom stereocenters. The van der Waals surface area contributed by atoms with Gasteiger partial charge in [0.15, 0.2) is 5.69 Å². The van der Waals surface area contributed by atoms with Crippen molar-refractivity contribution in [3.05, 3.63) is 11.8 Å². The average Bonchev–Trinajstić information content (AvgIpc) is 2.46. The van der Waals surface area contributed by atoms with Gasteiger partial charge in [-0.3, -0.25) is 0 Å². The van der Waals surface area contributed by atoms with Gasteiger partial charge in [0.2, 0.25) is 5.95 Å². The van der Waals surface area contributed by atoms with E-state index in [0.29, 0.717) is 13.2 Å². The summed E-state index contributed by atoms with van der Waals surface area (Å²) in [7, 11) is 3.04. The molecule has 1 atom stereocenters. The molecular formula is C13H21F3N4O.